The number of nitrogens with zero attached hydrogens (tertiary/aromatic N) is 1. The number of benzene rings is 1. The second kappa shape index (κ2) is 6.59. The molecule has 0 spiro atoms. The van der Waals surface area contributed by atoms with Gasteiger partial charge in [0.1, 0.15) is 0 Å². The first kappa shape index (κ1) is 13.2. The van der Waals surface area contributed by atoms with Gasteiger partial charge >= 0.3 is 0 Å². The second-order valence-electron chi connectivity index (χ2n) is 4.61. The Labute approximate surface area is 122 Å². The van der Waals surface area contributed by atoms with Gasteiger partial charge in [-0.1, -0.05) is 24.3 Å². The molecule has 0 aliphatic carbocycles. The highest BCUT2D eigenvalue weighted by molar-refractivity contribution is 7.99. The van der Waals surface area contributed by atoms with Crippen molar-refractivity contribution in [3.63, 3.8) is 0 Å². The summed E-state index contributed by atoms with van der Waals surface area (Å²) in [5.41, 5.74) is 2.43. The molecule has 2 N–H and O–H groups in total. The van der Waals surface area contributed by atoms with E-state index in [-0.39, 0.29) is 0 Å². The van der Waals surface area contributed by atoms with E-state index in [1.807, 2.05) is 24.0 Å². The third-order valence-corrected chi connectivity index (χ3v) is 4.03. The van der Waals surface area contributed by atoms with Crippen LogP contribution in [-0.2, 0) is 6.54 Å². The van der Waals surface area contributed by atoms with E-state index in [0.29, 0.717) is 0 Å². The van der Waals surface area contributed by atoms with Crippen molar-refractivity contribution < 1.29 is 0 Å². The van der Waals surface area contributed by atoms with E-state index in [9.17, 15) is 0 Å². The van der Waals surface area contributed by atoms with Crippen molar-refractivity contribution in [2.24, 2.45) is 0 Å². The smallest absolute Gasteiger partial charge is 0.0732 e. The lowest BCUT2D eigenvalue weighted by Gasteiger charge is -2.03. The summed E-state index contributed by atoms with van der Waals surface area (Å²) in [4.78, 5) is 7.53. The number of H-pyrrole nitrogens is 1. The zero-order valence-corrected chi connectivity index (χ0v) is 12.0. The van der Waals surface area contributed by atoms with Gasteiger partial charge in [0.05, 0.1) is 5.03 Å². The lowest BCUT2D eigenvalue weighted by Crippen LogP contribution is -2.16. The monoisotopic (exact) mass is 283 g/mol. The first-order valence-corrected chi connectivity index (χ1v) is 7.70. The molecule has 0 radical (unpaired) electrons. The van der Waals surface area contributed by atoms with Gasteiger partial charge in [-0.05, 0) is 23.8 Å². The molecule has 0 atom stereocenters. The third-order valence-electron chi connectivity index (χ3n) is 3.09. The maximum atomic E-state index is 4.11. The van der Waals surface area contributed by atoms with Crippen molar-refractivity contribution in [3.8, 4) is 0 Å². The van der Waals surface area contributed by atoms with Crippen LogP contribution in [0.5, 0.6) is 0 Å². The fourth-order valence-electron chi connectivity index (χ4n) is 2.09. The SMILES string of the molecule is c1cncc(CNCCSc2cc3ccccc3[nH]2)c1. The van der Waals surface area contributed by atoms with Crippen LogP contribution < -0.4 is 5.32 Å². The van der Waals surface area contributed by atoms with Crippen LogP contribution in [0.1, 0.15) is 5.56 Å². The minimum atomic E-state index is 0.876. The molecule has 0 aliphatic rings. The molecular formula is C16H17N3S. The highest BCUT2D eigenvalue weighted by atomic mass is 32.2. The van der Waals surface area contributed by atoms with Gasteiger partial charge in [0.25, 0.3) is 0 Å². The molecule has 3 nitrogen and oxygen atoms in total. The molecule has 2 aromatic heterocycles. The summed E-state index contributed by atoms with van der Waals surface area (Å²) in [5.74, 6) is 1.05. The number of pyridine rings is 1. The highest BCUT2D eigenvalue weighted by Crippen LogP contribution is 2.22. The van der Waals surface area contributed by atoms with Crippen LogP contribution in [0.4, 0.5) is 0 Å². The topological polar surface area (TPSA) is 40.7 Å². The number of para-hydroxylation sites is 1. The number of aromatic amines is 1. The number of thioether (sulfide) groups is 1. The number of hydrogen-bond donors (Lipinski definition) is 2. The highest BCUT2D eigenvalue weighted by Gasteiger charge is 2.00. The van der Waals surface area contributed by atoms with Gasteiger partial charge in [-0.3, -0.25) is 4.98 Å². The molecule has 0 bridgehead atoms. The number of aromatic nitrogens is 2. The minimum absolute atomic E-state index is 0.876. The van der Waals surface area contributed by atoms with Crippen LogP contribution in [0, 0.1) is 0 Å². The van der Waals surface area contributed by atoms with E-state index >= 15 is 0 Å². The summed E-state index contributed by atoms with van der Waals surface area (Å²) in [6.45, 7) is 1.86. The van der Waals surface area contributed by atoms with Crippen LogP contribution >= 0.6 is 11.8 Å². The maximum Gasteiger partial charge on any atom is 0.0732 e. The molecule has 0 amide bonds. The summed E-state index contributed by atoms with van der Waals surface area (Å²) in [7, 11) is 0. The summed E-state index contributed by atoms with van der Waals surface area (Å²) in [6.07, 6.45) is 3.70. The van der Waals surface area contributed by atoms with Crippen molar-refractivity contribution in [2.75, 3.05) is 12.3 Å². The first-order chi connectivity index (χ1) is 9.92. The normalized spacial score (nSPS) is 11.0. The van der Waals surface area contributed by atoms with Crippen molar-refractivity contribution in [3.05, 3.63) is 60.4 Å². The minimum Gasteiger partial charge on any atom is -0.350 e. The van der Waals surface area contributed by atoms with Crippen molar-refractivity contribution in [1.29, 1.82) is 0 Å². The Morgan fingerprint density at radius 1 is 1.15 bits per heavy atom. The number of fused-ring (bicyclic) bond motifs is 1. The van der Waals surface area contributed by atoms with Gasteiger partial charge < -0.3 is 10.3 Å². The summed E-state index contributed by atoms with van der Waals surface area (Å²) >= 11 is 1.85. The Balaban J connectivity index is 1.43. The fourth-order valence-corrected chi connectivity index (χ4v) is 2.95. The van der Waals surface area contributed by atoms with Gasteiger partial charge in [0, 0.05) is 42.1 Å². The molecule has 3 rings (SSSR count). The largest absolute Gasteiger partial charge is 0.350 e. The molecule has 0 saturated carbocycles. The maximum absolute atomic E-state index is 4.11. The van der Waals surface area contributed by atoms with E-state index in [2.05, 4.69) is 51.7 Å². The number of nitrogens with one attached hydrogen (secondary N) is 2. The van der Waals surface area contributed by atoms with Crippen LogP contribution in [0.15, 0.2) is 59.9 Å². The second-order valence-corrected chi connectivity index (χ2v) is 5.74. The van der Waals surface area contributed by atoms with Gasteiger partial charge in [-0.2, -0.15) is 0 Å². The van der Waals surface area contributed by atoms with Crippen LogP contribution in [0.25, 0.3) is 10.9 Å². The molecule has 0 unspecified atom stereocenters. The van der Waals surface area contributed by atoms with Crippen molar-refractivity contribution in [2.45, 2.75) is 11.6 Å². The van der Waals surface area contributed by atoms with E-state index in [1.54, 1.807) is 6.20 Å². The molecule has 4 heteroatoms. The zero-order valence-electron chi connectivity index (χ0n) is 11.2. The number of hydrogen-bond acceptors (Lipinski definition) is 3. The molecule has 0 aliphatic heterocycles. The zero-order chi connectivity index (χ0) is 13.6. The Morgan fingerprint density at radius 2 is 2.10 bits per heavy atom. The van der Waals surface area contributed by atoms with Gasteiger partial charge in [0.15, 0.2) is 0 Å². The van der Waals surface area contributed by atoms with E-state index in [4.69, 9.17) is 0 Å². The Morgan fingerprint density at radius 3 is 2.95 bits per heavy atom. The quantitative estimate of drug-likeness (QED) is 0.538. The third kappa shape index (κ3) is 3.40. The standard InChI is InChI=1S/C16H17N3S/c1-2-6-15-14(5-1)10-16(19-15)20-9-8-18-12-13-4-3-7-17-11-13/h1-7,10-11,18-19H,8-9,12H2. The van der Waals surface area contributed by atoms with E-state index in [0.717, 1.165) is 18.8 Å². The lowest BCUT2D eigenvalue weighted by molar-refractivity contribution is 0.729. The summed E-state index contributed by atoms with van der Waals surface area (Å²) in [6, 6.07) is 14.6. The predicted molar refractivity (Wildman–Crippen MR) is 85.0 cm³/mol. The first-order valence-electron chi connectivity index (χ1n) is 6.72. The van der Waals surface area contributed by atoms with Crippen LogP contribution in [-0.4, -0.2) is 22.3 Å². The molecule has 3 aromatic rings. The van der Waals surface area contributed by atoms with Crippen molar-refractivity contribution in [1.82, 2.24) is 15.3 Å². The molecule has 0 fully saturated rings. The molecular weight excluding hydrogens is 266 g/mol. The summed E-state index contributed by atoms with van der Waals surface area (Å²) in [5, 5.41) is 5.94. The van der Waals surface area contributed by atoms with E-state index < -0.39 is 0 Å². The average Bonchev–Trinajstić information content (AvgIpc) is 2.90. The fraction of sp³-hybridized carbons (Fsp3) is 0.188. The molecule has 1 aromatic carbocycles. The Kier molecular flexibility index (Phi) is 4.35. The van der Waals surface area contributed by atoms with E-state index in [1.165, 1.54) is 21.5 Å². The van der Waals surface area contributed by atoms with Crippen LogP contribution in [0.2, 0.25) is 0 Å². The molecule has 0 saturated heterocycles. The molecule has 102 valence electrons. The number of rotatable bonds is 6. The molecule has 2 heterocycles. The predicted octanol–water partition coefficient (Wildman–Crippen LogP) is 3.44. The molecule has 20 heavy (non-hydrogen) atoms. The van der Waals surface area contributed by atoms with Gasteiger partial charge in [-0.25, -0.2) is 0 Å². The average molecular weight is 283 g/mol. The van der Waals surface area contributed by atoms with Crippen LogP contribution in [0.3, 0.4) is 0 Å². The summed E-state index contributed by atoms with van der Waals surface area (Å²) < 4.78 is 0. The van der Waals surface area contributed by atoms with Gasteiger partial charge in [0.2, 0.25) is 0 Å². The Hall–Kier alpha value is -1.78. The van der Waals surface area contributed by atoms with Crippen molar-refractivity contribution >= 4 is 22.7 Å². The Bertz CT molecular complexity index is 631. The lowest BCUT2D eigenvalue weighted by atomic mass is 10.3. The van der Waals surface area contributed by atoms with Gasteiger partial charge in [-0.15, -0.1) is 11.8 Å².